The van der Waals surface area contributed by atoms with Gasteiger partial charge in [0.2, 0.25) is 0 Å². The average molecular weight is 411 g/mol. The predicted octanol–water partition coefficient (Wildman–Crippen LogP) is 4.00. The number of Topliss-reactive ketones (excluding diaryl/α,β-unsaturated/α-hetero) is 1. The van der Waals surface area contributed by atoms with Crippen LogP contribution in [0, 0.1) is 0 Å². The van der Waals surface area contributed by atoms with Crippen LogP contribution in [0.4, 0.5) is 0 Å². The first-order valence-electron chi connectivity index (χ1n) is 9.91. The molecule has 5 heteroatoms. The van der Waals surface area contributed by atoms with Crippen LogP contribution in [0.3, 0.4) is 0 Å². The molecule has 3 aromatic rings. The summed E-state index contributed by atoms with van der Waals surface area (Å²) in [7, 11) is 0. The number of fused-ring (bicyclic) bond motifs is 1. The second kappa shape index (κ2) is 8.13. The van der Waals surface area contributed by atoms with Gasteiger partial charge in [-0.05, 0) is 17.7 Å². The first kappa shape index (κ1) is 20.4. The van der Waals surface area contributed by atoms with Crippen molar-refractivity contribution in [2.24, 2.45) is 0 Å². The Morgan fingerprint density at radius 2 is 1.29 bits per heavy atom. The lowest BCUT2D eigenvalue weighted by Crippen LogP contribution is -2.39. The van der Waals surface area contributed by atoms with E-state index < -0.39 is 23.2 Å². The number of amides is 2. The predicted molar refractivity (Wildman–Crippen MR) is 117 cm³/mol. The maximum Gasteiger partial charge on any atom is 0.261 e. The number of carbonyl (C=O) groups is 3. The number of nitrogens with zero attached hydrogens (tertiary/aromatic N) is 1. The molecular weight excluding hydrogens is 390 g/mol. The molecule has 1 atom stereocenters. The summed E-state index contributed by atoms with van der Waals surface area (Å²) in [6.07, 6.45) is -0.127. The standard InChI is InChI=1S/C26H21NO4/c1-18(17-27-24(29)21-14-8-9-15-22(21)25(27)30)16-26(31,20-12-6-3-7-13-20)23(28)19-10-4-2-5-11-19/h2-15,31H,1,16-17H2. The summed E-state index contributed by atoms with van der Waals surface area (Å²) in [5, 5.41) is 11.6. The van der Waals surface area contributed by atoms with Gasteiger partial charge in [-0.3, -0.25) is 19.3 Å². The molecule has 0 aliphatic carbocycles. The Hall–Kier alpha value is -3.83. The number of aliphatic hydroxyl groups is 1. The molecule has 0 saturated carbocycles. The number of ketones is 1. The molecule has 3 aromatic carbocycles. The van der Waals surface area contributed by atoms with Crippen molar-refractivity contribution in [2.75, 3.05) is 6.54 Å². The van der Waals surface area contributed by atoms with Gasteiger partial charge in [0, 0.05) is 12.0 Å². The molecule has 31 heavy (non-hydrogen) atoms. The number of carbonyl (C=O) groups excluding carboxylic acids is 3. The van der Waals surface area contributed by atoms with Crippen LogP contribution in [0.25, 0.3) is 0 Å². The summed E-state index contributed by atoms with van der Waals surface area (Å²) in [5.74, 6) is -1.28. The van der Waals surface area contributed by atoms with E-state index in [0.29, 0.717) is 27.8 Å². The third-order valence-corrected chi connectivity index (χ3v) is 5.43. The summed E-state index contributed by atoms with van der Waals surface area (Å²) in [6.45, 7) is 3.90. The lowest BCUT2D eigenvalue weighted by atomic mass is 9.81. The summed E-state index contributed by atoms with van der Waals surface area (Å²) in [5.41, 5.74) is -0.00361. The van der Waals surface area contributed by atoms with E-state index in [-0.39, 0.29) is 13.0 Å². The highest BCUT2D eigenvalue weighted by molar-refractivity contribution is 6.21. The van der Waals surface area contributed by atoms with Crippen molar-refractivity contribution in [3.63, 3.8) is 0 Å². The topological polar surface area (TPSA) is 74.7 Å². The van der Waals surface area contributed by atoms with Crippen LogP contribution in [0.5, 0.6) is 0 Å². The largest absolute Gasteiger partial charge is 0.377 e. The molecule has 0 saturated heterocycles. The van der Waals surface area contributed by atoms with E-state index in [0.717, 1.165) is 4.90 Å². The Morgan fingerprint density at radius 3 is 1.84 bits per heavy atom. The van der Waals surface area contributed by atoms with Gasteiger partial charge >= 0.3 is 0 Å². The second-order valence-corrected chi connectivity index (χ2v) is 7.59. The molecule has 1 aliphatic rings. The first-order valence-corrected chi connectivity index (χ1v) is 9.91. The van der Waals surface area contributed by atoms with Crippen LogP contribution in [0.2, 0.25) is 0 Å². The highest BCUT2D eigenvalue weighted by Crippen LogP contribution is 2.33. The number of imide groups is 1. The maximum absolute atomic E-state index is 13.3. The van der Waals surface area contributed by atoms with Crippen LogP contribution in [-0.4, -0.2) is 34.1 Å². The molecule has 0 spiro atoms. The van der Waals surface area contributed by atoms with Gasteiger partial charge in [0.25, 0.3) is 11.8 Å². The molecule has 1 unspecified atom stereocenters. The zero-order valence-electron chi connectivity index (χ0n) is 16.8. The van der Waals surface area contributed by atoms with E-state index in [2.05, 4.69) is 6.58 Å². The van der Waals surface area contributed by atoms with Crippen LogP contribution >= 0.6 is 0 Å². The van der Waals surface area contributed by atoms with E-state index in [1.165, 1.54) is 0 Å². The molecule has 1 aliphatic heterocycles. The van der Waals surface area contributed by atoms with E-state index in [1.807, 2.05) is 0 Å². The third-order valence-electron chi connectivity index (χ3n) is 5.43. The summed E-state index contributed by atoms with van der Waals surface area (Å²) in [4.78, 5) is 39.7. The Morgan fingerprint density at radius 1 is 0.806 bits per heavy atom. The van der Waals surface area contributed by atoms with Gasteiger partial charge in [-0.2, -0.15) is 0 Å². The fraction of sp³-hybridized carbons (Fsp3) is 0.115. The Balaban J connectivity index is 1.61. The van der Waals surface area contributed by atoms with Crippen molar-refractivity contribution in [1.29, 1.82) is 0 Å². The van der Waals surface area contributed by atoms with Crippen molar-refractivity contribution in [2.45, 2.75) is 12.0 Å². The number of hydrogen-bond donors (Lipinski definition) is 1. The first-order chi connectivity index (χ1) is 14.9. The Labute approximate surface area is 180 Å². The highest BCUT2D eigenvalue weighted by Gasteiger charge is 2.41. The molecule has 154 valence electrons. The molecule has 0 bridgehead atoms. The van der Waals surface area contributed by atoms with Crippen molar-refractivity contribution in [1.82, 2.24) is 4.90 Å². The lowest BCUT2D eigenvalue weighted by Gasteiger charge is -2.29. The van der Waals surface area contributed by atoms with E-state index >= 15 is 0 Å². The van der Waals surface area contributed by atoms with Crippen LogP contribution in [0.15, 0.2) is 97.1 Å². The summed E-state index contributed by atoms with van der Waals surface area (Å²) in [6, 6.07) is 23.8. The molecule has 1 heterocycles. The minimum atomic E-state index is -1.88. The number of benzene rings is 3. The minimum absolute atomic E-state index is 0.0798. The zero-order chi connectivity index (χ0) is 22.0. The van der Waals surface area contributed by atoms with Crippen molar-refractivity contribution < 1.29 is 19.5 Å². The fourth-order valence-electron chi connectivity index (χ4n) is 3.88. The van der Waals surface area contributed by atoms with Crippen LogP contribution < -0.4 is 0 Å². The molecule has 5 nitrogen and oxygen atoms in total. The normalized spacial score (nSPS) is 14.8. The van der Waals surface area contributed by atoms with Gasteiger partial charge in [0.05, 0.1) is 17.7 Å². The molecule has 0 radical (unpaired) electrons. The van der Waals surface area contributed by atoms with Gasteiger partial charge in [0.15, 0.2) is 11.4 Å². The molecule has 1 N–H and O–H groups in total. The maximum atomic E-state index is 13.3. The van der Waals surface area contributed by atoms with Gasteiger partial charge in [-0.15, -0.1) is 0 Å². The summed E-state index contributed by atoms with van der Waals surface area (Å²) < 4.78 is 0. The van der Waals surface area contributed by atoms with Crippen molar-refractivity contribution in [3.8, 4) is 0 Å². The van der Waals surface area contributed by atoms with E-state index in [4.69, 9.17) is 0 Å². The van der Waals surface area contributed by atoms with Crippen LogP contribution in [-0.2, 0) is 5.60 Å². The van der Waals surface area contributed by atoms with Gasteiger partial charge in [0.1, 0.15) is 0 Å². The van der Waals surface area contributed by atoms with Gasteiger partial charge in [-0.25, -0.2) is 0 Å². The molecule has 0 fully saturated rings. The molecule has 2 amide bonds. The Bertz CT molecular complexity index is 1140. The Kier molecular flexibility index (Phi) is 5.36. The van der Waals surface area contributed by atoms with E-state index in [1.54, 1.807) is 84.9 Å². The zero-order valence-corrected chi connectivity index (χ0v) is 16.8. The van der Waals surface area contributed by atoms with Gasteiger partial charge < -0.3 is 5.11 Å². The second-order valence-electron chi connectivity index (χ2n) is 7.59. The van der Waals surface area contributed by atoms with Crippen molar-refractivity contribution in [3.05, 3.63) is 119 Å². The number of hydrogen-bond acceptors (Lipinski definition) is 4. The highest BCUT2D eigenvalue weighted by atomic mass is 16.3. The average Bonchev–Trinajstić information content (AvgIpc) is 3.04. The van der Waals surface area contributed by atoms with E-state index in [9.17, 15) is 19.5 Å². The SMILES string of the molecule is C=C(CN1C(=O)c2ccccc2C1=O)CC(O)(C(=O)c1ccccc1)c1ccccc1. The minimum Gasteiger partial charge on any atom is -0.377 e. The smallest absolute Gasteiger partial charge is 0.261 e. The number of rotatable bonds is 7. The van der Waals surface area contributed by atoms with Gasteiger partial charge in [-0.1, -0.05) is 84.9 Å². The lowest BCUT2D eigenvalue weighted by molar-refractivity contribution is 0.0290. The summed E-state index contributed by atoms with van der Waals surface area (Å²) >= 11 is 0. The molecule has 4 rings (SSSR count). The fourth-order valence-corrected chi connectivity index (χ4v) is 3.88. The monoisotopic (exact) mass is 411 g/mol. The molecular formula is C26H21NO4. The van der Waals surface area contributed by atoms with Crippen LogP contribution in [0.1, 0.15) is 43.1 Å². The van der Waals surface area contributed by atoms with Crippen molar-refractivity contribution >= 4 is 17.6 Å². The third kappa shape index (κ3) is 3.71. The quantitative estimate of drug-likeness (QED) is 0.362. The molecule has 0 aromatic heterocycles.